The summed E-state index contributed by atoms with van der Waals surface area (Å²) in [5.74, 6) is 1.59. The molecule has 0 bridgehead atoms. The lowest BCUT2D eigenvalue weighted by atomic mass is 10.1. The van der Waals surface area contributed by atoms with Gasteiger partial charge in [-0.3, -0.25) is 4.79 Å². The zero-order valence-corrected chi connectivity index (χ0v) is 14.7. The molecule has 2 N–H and O–H groups in total. The van der Waals surface area contributed by atoms with Crippen LogP contribution in [0.3, 0.4) is 0 Å². The molecule has 2 aromatic carbocycles. The van der Waals surface area contributed by atoms with Crippen LogP contribution in [0.4, 0.5) is 17.2 Å². The summed E-state index contributed by atoms with van der Waals surface area (Å²) in [7, 11) is 0. The number of aromatic nitrogens is 2. The average Bonchev–Trinajstić information content (AvgIpc) is 3.16. The van der Waals surface area contributed by atoms with Gasteiger partial charge in [-0.2, -0.15) is 0 Å². The molecule has 0 saturated heterocycles. The van der Waals surface area contributed by atoms with Crippen molar-refractivity contribution < 1.29 is 14.3 Å². The van der Waals surface area contributed by atoms with Crippen molar-refractivity contribution in [1.29, 1.82) is 0 Å². The number of anilines is 3. The number of carbonyl (C=O) groups is 1. The molecule has 0 unspecified atom stereocenters. The summed E-state index contributed by atoms with van der Waals surface area (Å²) < 4.78 is 10.7. The summed E-state index contributed by atoms with van der Waals surface area (Å²) in [6.07, 6.45) is 2.30. The third-order valence-corrected chi connectivity index (χ3v) is 4.16. The second-order valence-corrected chi connectivity index (χ2v) is 5.99. The topological polar surface area (TPSA) is 85.4 Å². The van der Waals surface area contributed by atoms with Crippen molar-refractivity contribution in [3.8, 4) is 11.5 Å². The van der Waals surface area contributed by atoms with Crippen LogP contribution < -0.4 is 20.1 Å². The standard InChI is InChI=1S/C20H18N4O3/c1-2-13-3-5-14(6-4-13)24-20(25)16-10-19(22-11-21-16)23-15-7-8-17-18(9-15)27-12-26-17/h3-11H,2,12H2,1H3,(H,24,25)(H,21,22,23). The molecule has 0 aliphatic carbocycles. The maximum Gasteiger partial charge on any atom is 0.274 e. The first-order chi connectivity index (χ1) is 13.2. The van der Waals surface area contributed by atoms with Crippen molar-refractivity contribution >= 4 is 23.1 Å². The molecular formula is C20H18N4O3. The highest BCUT2D eigenvalue weighted by Gasteiger charge is 2.14. The van der Waals surface area contributed by atoms with Crippen molar-refractivity contribution in [3.63, 3.8) is 0 Å². The van der Waals surface area contributed by atoms with Crippen LogP contribution in [0, 0.1) is 0 Å². The molecule has 2 heterocycles. The van der Waals surface area contributed by atoms with E-state index in [4.69, 9.17) is 9.47 Å². The first-order valence-electron chi connectivity index (χ1n) is 8.60. The molecule has 136 valence electrons. The van der Waals surface area contributed by atoms with E-state index in [9.17, 15) is 4.79 Å². The van der Waals surface area contributed by atoms with E-state index in [1.54, 1.807) is 6.07 Å². The van der Waals surface area contributed by atoms with Gasteiger partial charge in [0.05, 0.1) is 0 Å². The maximum absolute atomic E-state index is 12.5. The number of carbonyl (C=O) groups excluding carboxylic acids is 1. The molecule has 1 aromatic heterocycles. The van der Waals surface area contributed by atoms with Gasteiger partial charge in [-0.15, -0.1) is 0 Å². The third kappa shape index (κ3) is 3.82. The van der Waals surface area contributed by atoms with Gasteiger partial charge in [0.15, 0.2) is 11.5 Å². The number of benzene rings is 2. The summed E-state index contributed by atoms with van der Waals surface area (Å²) in [6.45, 7) is 2.30. The van der Waals surface area contributed by atoms with E-state index in [0.29, 0.717) is 17.3 Å². The highest BCUT2D eigenvalue weighted by Crippen LogP contribution is 2.34. The van der Waals surface area contributed by atoms with Crippen LogP contribution in [0.1, 0.15) is 23.0 Å². The predicted octanol–water partition coefficient (Wildman–Crippen LogP) is 3.76. The zero-order valence-electron chi connectivity index (χ0n) is 14.7. The fourth-order valence-corrected chi connectivity index (χ4v) is 2.69. The summed E-state index contributed by atoms with van der Waals surface area (Å²) in [4.78, 5) is 20.7. The van der Waals surface area contributed by atoms with E-state index in [1.165, 1.54) is 11.9 Å². The molecule has 27 heavy (non-hydrogen) atoms. The minimum Gasteiger partial charge on any atom is -0.454 e. The largest absolute Gasteiger partial charge is 0.454 e. The lowest BCUT2D eigenvalue weighted by molar-refractivity contribution is 0.102. The van der Waals surface area contributed by atoms with Crippen molar-refractivity contribution in [3.05, 3.63) is 66.1 Å². The van der Waals surface area contributed by atoms with Gasteiger partial charge in [-0.05, 0) is 36.2 Å². The minimum atomic E-state index is -0.296. The Hall–Kier alpha value is -3.61. The van der Waals surface area contributed by atoms with E-state index >= 15 is 0 Å². The fraction of sp³-hybridized carbons (Fsp3) is 0.150. The van der Waals surface area contributed by atoms with E-state index in [-0.39, 0.29) is 18.4 Å². The Bertz CT molecular complexity index is 973. The second-order valence-electron chi connectivity index (χ2n) is 5.99. The molecule has 1 amide bonds. The normalized spacial score (nSPS) is 11.9. The number of hydrogen-bond acceptors (Lipinski definition) is 6. The van der Waals surface area contributed by atoms with Gasteiger partial charge in [-0.25, -0.2) is 9.97 Å². The van der Waals surface area contributed by atoms with Crippen LogP contribution in [-0.2, 0) is 6.42 Å². The van der Waals surface area contributed by atoms with Gasteiger partial charge in [0.25, 0.3) is 5.91 Å². The SMILES string of the molecule is CCc1ccc(NC(=O)c2cc(Nc3ccc4c(c3)OCO4)ncn2)cc1. The summed E-state index contributed by atoms with van der Waals surface area (Å²) in [5, 5.41) is 5.98. The molecule has 0 fully saturated rings. The Morgan fingerprint density at radius 2 is 1.78 bits per heavy atom. The lowest BCUT2D eigenvalue weighted by Gasteiger charge is -2.08. The number of nitrogens with zero attached hydrogens (tertiary/aromatic N) is 2. The van der Waals surface area contributed by atoms with Crippen molar-refractivity contribution in [1.82, 2.24) is 9.97 Å². The van der Waals surface area contributed by atoms with Crippen LogP contribution in [-0.4, -0.2) is 22.7 Å². The average molecular weight is 362 g/mol. The quantitative estimate of drug-likeness (QED) is 0.719. The van der Waals surface area contributed by atoms with E-state index in [1.807, 2.05) is 42.5 Å². The Labute approximate surface area is 156 Å². The van der Waals surface area contributed by atoms with E-state index in [0.717, 1.165) is 17.8 Å². The van der Waals surface area contributed by atoms with Gasteiger partial charge < -0.3 is 20.1 Å². The summed E-state index contributed by atoms with van der Waals surface area (Å²) >= 11 is 0. The minimum absolute atomic E-state index is 0.218. The number of hydrogen-bond donors (Lipinski definition) is 2. The van der Waals surface area contributed by atoms with Crippen LogP contribution >= 0.6 is 0 Å². The van der Waals surface area contributed by atoms with Crippen LogP contribution in [0.2, 0.25) is 0 Å². The molecule has 7 heteroatoms. The Balaban J connectivity index is 1.47. The van der Waals surface area contributed by atoms with Crippen LogP contribution in [0.25, 0.3) is 0 Å². The molecule has 0 radical (unpaired) electrons. The summed E-state index contributed by atoms with van der Waals surface area (Å²) in [5.41, 5.74) is 2.98. The number of fused-ring (bicyclic) bond motifs is 1. The number of ether oxygens (including phenoxy) is 2. The third-order valence-electron chi connectivity index (χ3n) is 4.16. The van der Waals surface area contributed by atoms with Gasteiger partial charge in [-0.1, -0.05) is 19.1 Å². The molecule has 3 aromatic rings. The van der Waals surface area contributed by atoms with Crippen molar-refractivity contribution in [2.45, 2.75) is 13.3 Å². The highest BCUT2D eigenvalue weighted by atomic mass is 16.7. The first kappa shape index (κ1) is 16.8. The smallest absolute Gasteiger partial charge is 0.274 e. The Kier molecular flexibility index (Phi) is 4.57. The zero-order chi connectivity index (χ0) is 18.6. The number of nitrogens with one attached hydrogen (secondary N) is 2. The van der Waals surface area contributed by atoms with Gasteiger partial charge >= 0.3 is 0 Å². The molecule has 7 nitrogen and oxygen atoms in total. The number of aryl methyl sites for hydroxylation is 1. The van der Waals surface area contributed by atoms with Crippen LogP contribution in [0.15, 0.2) is 54.9 Å². The highest BCUT2D eigenvalue weighted by molar-refractivity contribution is 6.03. The van der Waals surface area contributed by atoms with E-state index in [2.05, 4.69) is 27.5 Å². The van der Waals surface area contributed by atoms with Crippen molar-refractivity contribution in [2.24, 2.45) is 0 Å². The molecular weight excluding hydrogens is 344 g/mol. The second kappa shape index (κ2) is 7.33. The molecule has 0 saturated carbocycles. The Morgan fingerprint density at radius 1 is 1.00 bits per heavy atom. The molecule has 4 rings (SSSR count). The van der Waals surface area contributed by atoms with Gasteiger partial charge in [0.2, 0.25) is 6.79 Å². The Morgan fingerprint density at radius 3 is 2.59 bits per heavy atom. The predicted molar refractivity (Wildman–Crippen MR) is 102 cm³/mol. The van der Waals surface area contributed by atoms with Gasteiger partial charge in [0, 0.05) is 23.5 Å². The lowest BCUT2D eigenvalue weighted by Crippen LogP contribution is -2.14. The molecule has 0 spiro atoms. The fourth-order valence-electron chi connectivity index (χ4n) is 2.69. The van der Waals surface area contributed by atoms with Gasteiger partial charge in [0.1, 0.15) is 17.8 Å². The first-order valence-corrected chi connectivity index (χ1v) is 8.60. The number of rotatable bonds is 5. The molecule has 1 aliphatic rings. The van der Waals surface area contributed by atoms with E-state index < -0.39 is 0 Å². The van der Waals surface area contributed by atoms with Crippen LogP contribution in [0.5, 0.6) is 11.5 Å². The van der Waals surface area contributed by atoms with Crippen molar-refractivity contribution in [2.75, 3.05) is 17.4 Å². The monoisotopic (exact) mass is 362 g/mol. The maximum atomic E-state index is 12.5. The number of amides is 1. The summed E-state index contributed by atoms with van der Waals surface area (Å²) in [6, 6.07) is 14.8. The molecule has 0 atom stereocenters. The molecule has 1 aliphatic heterocycles.